The van der Waals surface area contributed by atoms with E-state index in [0.717, 1.165) is 5.56 Å². The monoisotopic (exact) mass is 264 g/mol. The third-order valence-corrected chi connectivity index (χ3v) is 2.63. The molecule has 2 rings (SSSR count). The lowest BCUT2D eigenvalue weighted by molar-refractivity contribution is -0.161. The summed E-state index contributed by atoms with van der Waals surface area (Å²) in [5, 5.41) is 0. The van der Waals surface area contributed by atoms with Gasteiger partial charge in [-0.1, -0.05) is 30.3 Å². The highest BCUT2D eigenvalue weighted by Crippen LogP contribution is 2.25. The topological polar surface area (TPSA) is 61.8 Å². The average Bonchev–Trinajstić information content (AvgIpc) is 2.61. The molecule has 0 spiro atoms. The summed E-state index contributed by atoms with van der Waals surface area (Å²) in [5.74, 6) is -1.98. The van der Waals surface area contributed by atoms with Gasteiger partial charge in [0.25, 0.3) is 0 Å². The van der Waals surface area contributed by atoms with Gasteiger partial charge in [-0.05, 0) is 5.56 Å². The normalized spacial score (nSPS) is 20.9. The molecule has 1 atom stereocenters. The first kappa shape index (κ1) is 13.5. The van der Waals surface area contributed by atoms with Gasteiger partial charge in [0.15, 0.2) is 6.10 Å². The van der Waals surface area contributed by atoms with Gasteiger partial charge in [0, 0.05) is 13.8 Å². The molecule has 1 aliphatic heterocycles. The lowest BCUT2D eigenvalue weighted by Gasteiger charge is -2.14. The van der Waals surface area contributed by atoms with Crippen molar-refractivity contribution in [1.29, 1.82) is 0 Å². The molecule has 1 aromatic carbocycles. The number of rotatable bonds is 4. The van der Waals surface area contributed by atoms with E-state index in [1.54, 1.807) is 13.8 Å². The van der Waals surface area contributed by atoms with Crippen LogP contribution < -0.4 is 0 Å². The van der Waals surface area contributed by atoms with E-state index >= 15 is 0 Å². The van der Waals surface area contributed by atoms with E-state index in [2.05, 4.69) is 0 Å². The van der Waals surface area contributed by atoms with Crippen molar-refractivity contribution in [2.24, 2.45) is 0 Å². The molecule has 1 aromatic rings. The summed E-state index contributed by atoms with van der Waals surface area (Å²) < 4.78 is 15.3. The zero-order chi connectivity index (χ0) is 13.9. The summed E-state index contributed by atoms with van der Waals surface area (Å²) in [7, 11) is 0. The molecule has 1 fully saturated rings. The molecule has 0 aromatic heterocycles. The van der Waals surface area contributed by atoms with E-state index in [-0.39, 0.29) is 13.0 Å². The first-order chi connectivity index (χ1) is 8.96. The molecule has 1 aliphatic rings. The van der Waals surface area contributed by atoms with E-state index in [1.807, 2.05) is 30.3 Å². The fourth-order valence-corrected chi connectivity index (χ4v) is 1.80. The Kier molecular flexibility index (Phi) is 3.85. The summed E-state index contributed by atoms with van der Waals surface area (Å²) in [6.45, 7) is 3.44. The largest absolute Gasteiger partial charge is 0.461 e. The third kappa shape index (κ3) is 3.79. The minimum absolute atomic E-state index is 0.130. The smallest absolute Gasteiger partial charge is 0.338 e. The van der Waals surface area contributed by atoms with Gasteiger partial charge >= 0.3 is 11.9 Å². The summed E-state index contributed by atoms with van der Waals surface area (Å²) in [6, 6.07) is 9.33. The van der Waals surface area contributed by atoms with Crippen LogP contribution in [0, 0.1) is 0 Å². The first-order valence-electron chi connectivity index (χ1n) is 6.06. The molecular weight excluding hydrogens is 248 g/mol. The molecule has 0 radical (unpaired) electrons. The Labute approximate surface area is 111 Å². The van der Waals surface area contributed by atoms with Crippen LogP contribution in [0.15, 0.2) is 30.3 Å². The Balaban J connectivity index is 1.81. The standard InChI is InChI=1S/C14H16O5/c1-14(2)18-11(13(16)19-14)8-12(15)17-9-10-6-4-3-5-7-10/h3-7,11H,8-9H2,1-2H3. The Morgan fingerprint density at radius 2 is 2.00 bits per heavy atom. The molecule has 0 aliphatic carbocycles. The summed E-state index contributed by atoms with van der Waals surface area (Å²) in [6.07, 6.45) is -1.01. The second-order valence-corrected chi connectivity index (χ2v) is 4.78. The van der Waals surface area contributed by atoms with E-state index in [4.69, 9.17) is 14.2 Å². The fourth-order valence-electron chi connectivity index (χ4n) is 1.80. The molecule has 0 N–H and O–H groups in total. The number of esters is 2. The van der Waals surface area contributed by atoms with Gasteiger partial charge in [-0.3, -0.25) is 4.79 Å². The molecule has 0 bridgehead atoms. The van der Waals surface area contributed by atoms with Crippen molar-refractivity contribution in [3.8, 4) is 0 Å². The Bertz CT molecular complexity index is 466. The summed E-state index contributed by atoms with van der Waals surface area (Å²) in [4.78, 5) is 23.1. The average molecular weight is 264 g/mol. The zero-order valence-electron chi connectivity index (χ0n) is 10.9. The van der Waals surface area contributed by atoms with E-state index in [0.29, 0.717) is 0 Å². The van der Waals surface area contributed by atoms with E-state index in [9.17, 15) is 9.59 Å². The second-order valence-electron chi connectivity index (χ2n) is 4.78. The van der Waals surface area contributed by atoms with Crippen molar-refractivity contribution >= 4 is 11.9 Å². The Morgan fingerprint density at radius 1 is 1.32 bits per heavy atom. The van der Waals surface area contributed by atoms with Gasteiger partial charge in [-0.25, -0.2) is 4.79 Å². The quantitative estimate of drug-likeness (QED) is 0.776. The van der Waals surface area contributed by atoms with Gasteiger partial charge in [0.1, 0.15) is 6.61 Å². The molecule has 19 heavy (non-hydrogen) atoms. The molecule has 1 saturated heterocycles. The minimum atomic E-state index is -0.971. The first-order valence-corrected chi connectivity index (χ1v) is 6.06. The van der Waals surface area contributed by atoms with Crippen LogP contribution in [-0.2, 0) is 30.4 Å². The maximum absolute atomic E-state index is 11.6. The predicted molar refractivity (Wildman–Crippen MR) is 65.9 cm³/mol. The fraction of sp³-hybridized carbons (Fsp3) is 0.429. The number of carbonyl (C=O) groups is 2. The van der Waals surface area contributed by atoms with Crippen LogP contribution in [0.3, 0.4) is 0 Å². The van der Waals surface area contributed by atoms with E-state index in [1.165, 1.54) is 0 Å². The van der Waals surface area contributed by atoms with Crippen molar-refractivity contribution in [2.75, 3.05) is 0 Å². The van der Waals surface area contributed by atoms with Gasteiger partial charge in [0.2, 0.25) is 5.79 Å². The van der Waals surface area contributed by atoms with Crippen LogP contribution in [0.25, 0.3) is 0 Å². The second kappa shape index (κ2) is 5.40. The summed E-state index contributed by atoms with van der Waals surface area (Å²) >= 11 is 0. The van der Waals surface area contributed by atoms with Gasteiger partial charge in [0.05, 0.1) is 6.42 Å². The van der Waals surface area contributed by atoms with E-state index < -0.39 is 23.8 Å². The Morgan fingerprint density at radius 3 is 2.58 bits per heavy atom. The lowest BCUT2D eigenvalue weighted by Crippen LogP contribution is -2.24. The van der Waals surface area contributed by atoms with Crippen molar-refractivity contribution in [1.82, 2.24) is 0 Å². The number of ether oxygens (including phenoxy) is 3. The van der Waals surface area contributed by atoms with Gasteiger partial charge in [-0.15, -0.1) is 0 Å². The molecule has 0 saturated carbocycles. The highest BCUT2D eigenvalue weighted by atomic mass is 16.8. The molecule has 102 valence electrons. The molecule has 1 heterocycles. The number of cyclic esters (lactones) is 1. The maximum atomic E-state index is 11.6. The van der Waals surface area contributed by atoms with Crippen LogP contribution in [0.2, 0.25) is 0 Å². The predicted octanol–water partition coefficient (Wildman–Crippen LogP) is 1.80. The SMILES string of the molecule is CC1(C)OC(=O)C(CC(=O)OCc2ccccc2)O1. The van der Waals surface area contributed by atoms with Crippen LogP contribution >= 0.6 is 0 Å². The zero-order valence-corrected chi connectivity index (χ0v) is 10.9. The van der Waals surface area contributed by atoms with Gasteiger partial charge < -0.3 is 14.2 Å². The van der Waals surface area contributed by atoms with Crippen LogP contribution in [0.5, 0.6) is 0 Å². The number of hydrogen-bond acceptors (Lipinski definition) is 5. The van der Waals surface area contributed by atoms with Crippen LogP contribution in [0.4, 0.5) is 0 Å². The Hall–Kier alpha value is -1.88. The van der Waals surface area contributed by atoms with Crippen molar-refractivity contribution in [3.63, 3.8) is 0 Å². The number of benzene rings is 1. The summed E-state index contributed by atoms with van der Waals surface area (Å²) in [5.41, 5.74) is 0.895. The van der Waals surface area contributed by atoms with Crippen molar-refractivity contribution < 1.29 is 23.8 Å². The third-order valence-electron chi connectivity index (χ3n) is 2.63. The number of hydrogen-bond donors (Lipinski definition) is 0. The maximum Gasteiger partial charge on any atom is 0.338 e. The van der Waals surface area contributed by atoms with Crippen molar-refractivity contribution in [2.45, 2.75) is 38.8 Å². The lowest BCUT2D eigenvalue weighted by atomic mass is 10.2. The number of carbonyl (C=O) groups excluding carboxylic acids is 2. The van der Waals surface area contributed by atoms with Crippen molar-refractivity contribution in [3.05, 3.63) is 35.9 Å². The highest BCUT2D eigenvalue weighted by Gasteiger charge is 2.42. The molecule has 5 heteroatoms. The highest BCUT2D eigenvalue weighted by molar-refractivity contribution is 5.83. The minimum Gasteiger partial charge on any atom is -0.461 e. The molecule has 1 unspecified atom stereocenters. The molecular formula is C14H16O5. The van der Waals surface area contributed by atoms with Gasteiger partial charge in [-0.2, -0.15) is 0 Å². The van der Waals surface area contributed by atoms with Crippen LogP contribution in [0.1, 0.15) is 25.8 Å². The van der Waals surface area contributed by atoms with Crippen LogP contribution in [-0.4, -0.2) is 23.8 Å². The molecule has 0 amide bonds. The molecule has 5 nitrogen and oxygen atoms in total.